The lowest BCUT2D eigenvalue weighted by molar-refractivity contribution is -0.123. The number of fused-ring (bicyclic) bond motifs is 2. The van der Waals surface area contributed by atoms with Crippen LogP contribution in [0.5, 0.6) is 5.75 Å². The van der Waals surface area contributed by atoms with Crippen molar-refractivity contribution in [1.29, 1.82) is 0 Å². The Morgan fingerprint density at radius 1 is 1.11 bits per heavy atom. The molecule has 0 saturated heterocycles. The van der Waals surface area contributed by atoms with E-state index >= 15 is 0 Å². The summed E-state index contributed by atoms with van der Waals surface area (Å²) >= 11 is 0. The number of ketones is 1. The number of aliphatic hydroxyl groups is 1. The SMILES string of the molecule is Cc1ccc2cc(C(=O)CC[C@](C)(O)c3cc4c(c(-c5ccc(F)cc5)n3)OC[C@]4(C)C(N)=O)cc(NC(=O)NC3CC3)c2n1. The number of carbonyl (C=O) groups excluding carboxylic acids is 3. The first kappa shape index (κ1) is 30.1. The van der Waals surface area contributed by atoms with Crippen LogP contribution in [0.1, 0.15) is 66.8 Å². The molecule has 3 heterocycles. The molecule has 10 nitrogen and oxygen atoms in total. The maximum Gasteiger partial charge on any atom is 0.319 e. The predicted molar refractivity (Wildman–Crippen MR) is 166 cm³/mol. The highest BCUT2D eigenvalue weighted by Gasteiger charge is 2.45. The van der Waals surface area contributed by atoms with Crippen LogP contribution in [-0.4, -0.2) is 45.4 Å². The number of benzene rings is 2. The highest BCUT2D eigenvalue weighted by atomic mass is 19.1. The van der Waals surface area contributed by atoms with Gasteiger partial charge < -0.3 is 26.2 Å². The highest BCUT2D eigenvalue weighted by molar-refractivity contribution is 6.06. The third kappa shape index (κ3) is 5.95. The van der Waals surface area contributed by atoms with Gasteiger partial charge in [-0.15, -0.1) is 0 Å². The van der Waals surface area contributed by atoms with Crippen LogP contribution in [-0.2, 0) is 15.8 Å². The summed E-state index contributed by atoms with van der Waals surface area (Å²) in [5.41, 5.74) is 6.61. The molecule has 2 aliphatic rings. The van der Waals surface area contributed by atoms with Crippen molar-refractivity contribution in [3.63, 3.8) is 0 Å². The zero-order valence-electron chi connectivity index (χ0n) is 25.2. The van der Waals surface area contributed by atoms with Crippen molar-refractivity contribution in [3.8, 4) is 17.0 Å². The van der Waals surface area contributed by atoms with E-state index in [1.54, 1.807) is 32.0 Å². The number of ether oxygens (including phenoxy) is 1. The third-order valence-corrected chi connectivity index (χ3v) is 8.54. The number of nitrogens with two attached hydrogens (primary N) is 1. The molecular formula is C34H34FN5O5. The number of urea groups is 1. The monoisotopic (exact) mass is 611 g/mol. The molecule has 4 aromatic rings. The van der Waals surface area contributed by atoms with E-state index in [1.807, 2.05) is 19.1 Å². The minimum Gasteiger partial charge on any atom is -0.489 e. The van der Waals surface area contributed by atoms with Gasteiger partial charge in [-0.25, -0.2) is 14.2 Å². The molecule has 2 aromatic carbocycles. The molecule has 2 atom stereocenters. The number of aromatic nitrogens is 2. The summed E-state index contributed by atoms with van der Waals surface area (Å²) in [6.45, 7) is 5.04. The molecule has 1 fully saturated rings. The fourth-order valence-corrected chi connectivity index (χ4v) is 5.46. The van der Waals surface area contributed by atoms with Crippen LogP contribution >= 0.6 is 0 Å². The third-order valence-electron chi connectivity index (χ3n) is 8.54. The van der Waals surface area contributed by atoms with Crippen LogP contribution < -0.4 is 21.1 Å². The highest BCUT2D eigenvalue weighted by Crippen LogP contribution is 2.46. The van der Waals surface area contributed by atoms with Crippen LogP contribution in [0.25, 0.3) is 22.2 Å². The molecule has 232 valence electrons. The number of carbonyl (C=O) groups is 3. The van der Waals surface area contributed by atoms with E-state index in [2.05, 4.69) is 15.6 Å². The largest absolute Gasteiger partial charge is 0.489 e. The molecule has 6 rings (SSSR count). The van der Waals surface area contributed by atoms with Gasteiger partial charge in [0.05, 0.1) is 16.9 Å². The summed E-state index contributed by atoms with van der Waals surface area (Å²) in [5, 5.41) is 18.1. The van der Waals surface area contributed by atoms with E-state index in [4.69, 9.17) is 15.5 Å². The summed E-state index contributed by atoms with van der Waals surface area (Å²) in [6, 6.07) is 14.0. The second kappa shape index (κ2) is 11.2. The topological polar surface area (TPSA) is 157 Å². The Kier molecular flexibility index (Phi) is 7.52. The molecule has 3 amide bonds. The lowest BCUT2D eigenvalue weighted by Crippen LogP contribution is -2.40. The van der Waals surface area contributed by atoms with Crippen molar-refractivity contribution < 1.29 is 28.6 Å². The maximum atomic E-state index is 13.7. The number of Topliss-reactive ketones (excluding diaryl/α,β-unsaturated/α-hetero) is 1. The number of hydrogen-bond acceptors (Lipinski definition) is 7. The number of aryl methyl sites for hydroxylation is 1. The van der Waals surface area contributed by atoms with E-state index in [0.29, 0.717) is 44.7 Å². The van der Waals surface area contributed by atoms with Gasteiger partial charge in [0.25, 0.3) is 0 Å². The zero-order valence-corrected chi connectivity index (χ0v) is 25.2. The standard InChI is InChI=1S/C34H34FN5O5/c1-18-4-5-20-14-21(15-25(28(20)37-18)39-32(43)38-23-10-11-23)26(41)12-13-34(3,44)27-16-24-30(45-17-33(24,2)31(36)42)29(40-27)19-6-8-22(35)9-7-19/h4-9,14-16,23,44H,10-13,17H2,1-3H3,(H2,36,42)(H2,38,39,43)/t33-,34-/m0/s1. The van der Waals surface area contributed by atoms with E-state index in [9.17, 15) is 23.9 Å². The molecule has 2 aromatic heterocycles. The Morgan fingerprint density at radius 3 is 2.53 bits per heavy atom. The minimum atomic E-state index is -1.61. The first-order valence-corrected chi connectivity index (χ1v) is 14.8. The molecule has 1 aliphatic carbocycles. The van der Waals surface area contributed by atoms with Gasteiger partial charge in [0, 0.05) is 40.2 Å². The summed E-state index contributed by atoms with van der Waals surface area (Å²) in [7, 11) is 0. The Labute approximate surface area is 259 Å². The smallest absolute Gasteiger partial charge is 0.319 e. The van der Waals surface area contributed by atoms with Crippen molar-refractivity contribution in [3.05, 3.63) is 82.9 Å². The van der Waals surface area contributed by atoms with Crippen LogP contribution in [0.2, 0.25) is 0 Å². The van der Waals surface area contributed by atoms with E-state index in [0.717, 1.165) is 18.5 Å². The Balaban J connectivity index is 1.30. The number of halogens is 1. The van der Waals surface area contributed by atoms with Gasteiger partial charge in [-0.2, -0.15) is 0 Å². The van der Waals surface area contributed by atoms with Crippen LogP contribution in [0.4, 0.5) is 14.9 Å². The average Bonchev–Trinajstić information content (AvgIpc) is 3.75. The fraction of sp³-hybridized carbons (Fsp3) is 0.324. The van der Waals surface area contributed by atoms with E-state index in [-0.39, 0.29) is 43.0 Å². The normalized spacial score (nSPS) is 18.5. The first-order valence-electron chi connectivity index (χ1n) is 14.8. The van der Waals surface area contributed by atoms with Gasteiger partial charge in [-0.05, 0) is 88.6 Å². The molecular weight excluding hydrogens is 577 g/mol. The van der Waals surface area contributed by atoms with Crippen molar-refractivity contribution in [2.24, 2.45) is 5.73 Å². The molecule has 5 N–H and O–H groups in total. The van der Waals surface area contributed by atoms with Crippen molar-refractivity contribution >= 4 is 34.3 Å². The summed E-state index contributed by atoms with van der Waals surface area (Å²) in [5.74, 6) is -0.950. The molecule has 0 unspecified atom stereocenters. The van der Waals surface area contributed by atoms with E-state index in [1.165, 1.54) is 24.3 Å². The molecule has 1 saturated carbocycles. The predicted octanol–water partition coefficient (Wildman–Crippen LogP) is 5.03. The number of nitrogens with zero attached hydrogens (tertiary/aromatic N) is 2. The fourth-order valence-electron chi connectivity index (χ4n) is 5.46. The summed E-state index contributed by atoms with van der Waals surface area (Å²) < 4.78 is 19.6. The first-order chi connectivity index (χ1) is 21.3. The molecule has 11 heteroatoms. The molecule has 0 radical (unpaired) electrons. The number of nitrogens with one attached hydrogen (secondary N) is 2. The van der Waals surface area contributed by atoms with Gasteiger partial charge in [0.1, 0.15) is 34.9 Å². The van der Waals surface area contributed by atoms with Crippen molar-refractivity contribution in [2.75, 3.05) is 11.9 Å². The van der Waals surface area contributed by atoms with Gasteiger partial charge in [-0.3, -0.25) is 14.6 Å². The second-order valence-electron chi connectivity index (χ2n) is 12.3. The van der Waals surface area contributed by atoms with Crippen LogP contribution in [0.15, 0.2) is 54.6 Å². The van der Waals surface area contributed by atoms with Crippen LogP contribution in [0.3, 0.4) is 0 Å². The van der Waals surface area contributed by atoms with Gasteiger partial charge in [-0.1, -0.05) is 6.07 Å². The lowest BCUT2D eigenvalue weighted by Gasteiger charge is -2.26. The number of pyridine rings is 2. The average molecular weight is 612 g/mol. The molecule has 45 heavy (non-hydrogen) atoms. The molecule has 0 spiro atoms. The van der Waals surface area contributed by atoms with Crippen molar-refractivity contribution in [1.82, 2.24) is 15.3 Å². The molecule has 0 bridgehead atoms. The van der Waals surface area contributed by atoms with Gasteiger partial charge >= 0.3 is 6.03 Å². The Hall–Kier alpha value is -4.90. The van der Waals surface area contributed by atoms with Crippen LogP contribution in [0, 0.1) is 12.7 Å². The van der Waals surface area contributed by atoms with Crippen molar-refractivity contribution in [2.45, 2.75) is 63.5 Å². The maximum absolute atomic E-state index is 13.7. The Bertz CT molecular complexity index is 1850. The Morgan fingerprint density at radius 2 is 1.84 bits per heavy atom. The van der Waals surface area contributed by atoms with Gasteiger partial charge in [0.2, 0.25) is 5.91 Å². The number of rotatable bonds is 9. The number of anilines is 1. The number of amides is 3. The minimum absolute atomic E-state index is 0.0102. The van der Waals surface area contributed by atoms with E-state index < -0.39 is 22.7 Å². The summed E-state index contributed by atoms with van der Waals surface area (Å²) in [6.07, 6.45) is 1.80. The number of hydrogen-bond donors (Lipinski definition) is 4. The zero-order chi connectivity index (χ0) is 32.1. The van der Waals surface area contributed by atoms with Gasteiger partial charge in [0.15, 0.2) is 5.78 Å². The number of primary amides is 1. The second-order valence-corrected chi connectivity index (χ2v) is 12.3. The summed E-state index contributed by atoms with van der Waals surface area (Å²) in [4.78, 5) is 47.9. The molecule has 1 aliphatic heterocycles. The quantitative estimate of drug-likeness (QED) is 0.193. The lowest BCUT2D eigenvalue weighted by atomic mass is 9.81.